The van der Waals surface area contributed by atoms with Crippen LogP contribution in [0.1, 0.15) is 37.4 Å². The second-order valence-electron chi connectivity index (χ2n) is 14.2. The fourth-order valence-corrected chi connectivity index (χ4v) is 6.36. The molecular weight excluding hydrogens is 955 g/mol. The molecule has 72 heavy (non-hydrogen) atoms. The van der Waals surface area contributed by atoms with Crippen LogP contribution in [0.25, 0.3) is 22.4 Å². The van der Waals surface area contributed by atoms with E-state index in [4.69, 9.17) is 37.9 Å². The second kappa shape index (κ2) is 27.4. The molecule has 0 aliphatic heterocycles. The number of nitrogens with zero attached hydrogens (tertiary/aromatic N) is 2. The molecule has 368 valence electrons. The summed E-state index contributed by atoms with van der Waals surface area (Å²) in [4.78, 5) is 102. The molecule has 2 unspecified atom stereocenters. The van der Waals surface area contributed by atoms with Crippen LogP contribution in [0.5, 0.6) is 11.5 Å². The molecular formula is C52H43N3O16S. The maximum atomic E-state index is 13.4. The van der Waals surface area contributed by atoms with E-state index < -0.39 is 79.8 Å². The SMILES string of the molecule is C=CC(=O)OCC(COC(=O)/C=C/c1ccc(C(=O)Oc2ccc(OC(=O)c3ccc(/C=C/C(=O)OCC(COC(=O)C=C)OC(=O)C=C)cc3)c(/C=N/Nc3nc4ccccc4s3)c2)cc1)OC(=O)C=C. The monoisotopic (exact) mass is 997 g/mol. The summed E-state index contributed by atoms with van der Waals surface area (Å²) in [6.07, 6.45) is 7.86. The maximum absolute atomic E-state index is 13.4. The molecule has 0 saturated heterocycles. The molecule has 1 aromatic heterocycles. The number of hydrogen-bond acceptors (Lipinski definition) is 20. The Kier molecular flexibility index (Phi) is 20.3. The van der Waals surface area contributed by atoms with Gasteiger partial charge in [-0.2, -0.15) is 5.10 Å². The molecule has 2 atom stereocenters. The van der Waals surface area contributed by atoms with Gasteiger partial charge in [-0.25, -0.2) is 43.3 Å². The largest absolute Gasteiger partial charge is 0.458 e. The summed E-state index contributed by atoms with van der Waals surface area (Å²) in [5, 5.41) is 4.77. The number of hydrogen-bond donors (Lipinski definition) is 1. The number of esters is 8. The molecule has 20 heteroatoms. The van der Waals surface area contributed by atoms with Crippen LogP contribution in [0.4, 0.5) is 5.13 Å². The van der Waals surface area contributed by atoms with Crippen LogP contribution in [-0.2, 0) is 57.2 Å². The molecule has 4 aromatic carbocycles. The maximum Gasteiger partial charge on any atom is 0.343 e. The third-order valence-corrected chi connectivity index (χ3v) is 9.99. The lowest BCUT2D eigenvalue weighted by Gasteiger charge is -2.16. The Morgan fingerprint density at radius 3 is 1.53 bits per heavy atom. The summed E-state index contributed by atoms with van der Waals surface area (Å²) in [5.41, 5.74) is 5.17. The summed E-state index contributed by atoms with van der Waals surface area (Å²) in [6.45, 7) is 11.5. The number of anilines is 1. The molecule has 0 spiro atoms. The van der Waals surface area contributed by atoms with Crippen LogP contribution < -0.4 is 14.9 Å². The zero-order chi connectivity index (χ0) is 51.8. The van der Waals surface area contributed by atoms with Crippen molar-refractivity contribution in [3.63, 3.8) is 0 Å². The van der Waals surface area contributed by atoms with Gasteiger partial charge in [-0.1, -0.05) is 74.1 Å². The van der Waals surface area contributed by atoms with Crippen LogP contribution in [-0.4, -0.2) is 97.6 Å². The third kappa shape index (κ3) is 17.5. The molecule has 0 aliphatic carbocycles. The normalized spacial score (nSPS) is 11.7. The molecule has 0 bridgehead atoms. The molecule has 5 aromatic rings. The van der Waals surface area contributed by atoms with Crippen molar-refractivity contribution >= 4 is 92.8 Å². The van der Waals surface area contributed by atoms with E-state index in [0.717, 1.165) is 46.7 Å². The van der Waals surface area contributed by atoms with Crippen LogP contribution in [0.15, 0.2) is 159 Å². The van der Waals surface area contributed by atoms with Crippen LogP contribution in [0, 0.1) is 0 Å². The van der Waals surface area contributed by atoms with Crippen molar-refractivity contribution in [2.75, 3.05) is 31.9 Å². The Morgan fingerprint density at radius 1 is 0.569 bits per heavy atom. The van der Waals surface area contributed by atoms with Gasteiger partial charge in [0.05, 0.1) is 27.6 Å². The number of benzene rings is 4. The van der Waals surface area contributed by atoms with E-state index in [1.165, 1.54) is 72.2 Å². The molecule has 5 rings (SSSR count). The number of rotatable bonds is 25. The summed E-state index contributed by atoms with van der Waals surface area (Å²) < 4.78 is 42.4. The molecule has 0 fully saturated rings. The molecule has 0 amide bonds. The van der Waals surface area contributed by atoms with E-state index in [1.54, 1.807) is 24.3 Å². The Labute approximate surface area is 414 Å². The van der Waals surface area contributed by atoms with Crippen LogP contribution in [0.3, 0.4) is 0 Å². The third-order valence-electron chi connectivity index (χ3n) is 9.05. The van der Waals surface area contributed by atoms with Gasteiger partial charge in [0.1, 0.15) is 37.9 Å². The van der Waals surface area contributed by atoms with Crippen molar-refractivity contribution in [3.8, 4) is 11.5 Å². The van der Waals surface area contributed by atoms with Gasteiger partial charge in [-0.05, 0) is 77.9 Å². The van der Waals surface area contributed by atoms with Gasteiger partial charge in [0.2, 0.25) is 5.13 Å². The average Bonchev–Trinajstić information content (AvgIpc) is 3.82. The Hall–Kier alpha value is -9.56. The van der Waals surface area contributed by atoms with Crippen molar-refractivity contribution in [2.45, 2.75) is 12.2 Å². The van der Waals surface area contributed by atoms with Crippen molar-refractivity contribution in [1.82, 2.24) is 4.98 Å². The number of thiazole rings is 1. The lowest BCUT2D eigenvalue weighted by molar-refractivity contribution is -0.160. The van der Waals surface area contributed by atoms with Crippen LogP contribution in [0.2, 0.25) is 0 Å². The highest BCUT2D eigenvalue weighted by Gasteiger charge is 2.20. The Morgan fingerprint density at radius 2 is 1.04 bits per heavy atom. The zero-order valence-electron chi connectivity index (χ0n) is 38.0. The highest BCUT2D eigenvalue weighted by molar-refractivity contribution is 7.22. The minimum absolute atomic E-state index is 0.0526. The predicted molar refractivity (Wildman–Crippen MR) is 263 cm³/mol. The summed E-state index contributed by atoms with van der Waals surface area (Å²) in [7, 11) is 0. The molecule has 1 N–H and O–H groups in total. The highest BCUT2D eigenvalue weighted by Crippen LogP contribution is 2.27. The first-order valence-electron chi connectivity index (χ1n) is 21.1. The number of carbonyl (C=O) groups is 8. The molecule has 1 heterocycles. The second-order valence-corrected chi connectivity index (χ2v) is 15.2. The van der Waals surface area contributed by atoms with Crippen molar-refractivity contribution in [3.05, 3.63) is 182 Å². The predicted octanol–water partition coefficient (Wildman–Crippen LogP) is 6.95. The van der Waals surface area contributed by atoms with E-state index in [1.807, 2.05) is 24.3 Å². The van der Waals surface area contributed by atoms with Gasteiger partial charge in [0.15, 0.2) is 12.2 Å². The van der Waals surface area contributed by atoms with Gasteiger partial charge in [0, 0.05) is 42.0 Å². The quantitative estimate of drug-likeness (QED) is 0.0155. The summed E-state index contributed by atoms with van der Waals surface area (Å²) in [6, 6.07) is 23.8. The smallest absolute Gasteiger partial charge is 0.343 e. The van der Waals surface area contributed by atoms with E-state index in [9.17, 15) is 38.4 Å². The minimum Gasteiger partial charge on any atom is -0.458 e. The van der Waals surface area contributed by atoms with Crippen molar-refractivity contribution < 1.29 is 76.3 Å². The van der Waals surface area contributed by atoms with Gasteiger partial charge >= 0.3 is 47.8 Å². The Balaban J connectivity index is 1.22. The molecule has 0 saturated carbocycles. The number of para-hydroxylation sites is 1. The first-order chi connectivity index (χ1) is 34.7. The first kappa shape index (κ1) is 53.4. The number of ether oxygens (including phenoxy) is 8. The Bertz CT molecular complexity index is 2900. The number of aromatic nitrogens is 1. The number of fused-ring (bicyclic) bond motifs is 1. The lowest BCUT2D eigenvalue weighted by Crippen LogP contribution is -2.29. The van der Waals surface area contributed by atoms with Gasteiger partial charge < -0.3 is 37.9 Å². The van der Waals surface area contributed by atoms with Gasteiger partial charge in [0.25, 0.3) is 0 Å². The standard InChI is InChI=1S/C52H43N3O16S/c1-5-44(56)64-29-39(68-46(58)7-3)31-66-48(60)25-17-33-13-19-35(20-14-33)50(62)70-38-23-24-42(37(27-38)28-53-55-52-54-41-11-9-10-12-43(41)72-52)71-51(63)36-21-15-34(16-22-36)18-26-49(61)67-32-40(69-47(59)8-4)30-65-45(57)6-2/h5-28,39-40H,1-4,29-32H2,(H,54,55)/b25-17+,26-18+,53-28+. The fraction of sp³-hybridized carbons (Fsp3) is 0.115. The molecule has 19 nitrogen and oxygen atoms in total. The number of hydrazone groups is 1. The average molecular weight is 998 g/mol. The van der Waals surface area contributed by atoms with Gasteiger partial charge in [-0.3, -0.25) is 5.43 Å². The summed E-state index contributed by atoms with van der Waals surface area (Å²) in [5.74, 6) is -6.12. The van der Waals surface area contributed by atoms with Gasteiger partial charge in [-0.15, -0.1) is 0 Å². The van der Waals surface area contributed by atoms with E-state index in [2.05, 4.69) is 41.8 Å². The number of nitrogens with one attached hydrogen (secondary N) is 1. The summed E-state index contributed by atoms with van der Waals surface area (Å²) >= 11 is 1.36. The highest BCUT2D eigenvalue weighted by atomic mass is 32.1. The van der Waals surface area contributed by atoms with E-state index >= 15 is 0 Å². The fourth-order valence-electron chi connectivity index (χ4n) is 5.55. The molecule has 0 radical (unpaired) electrons. The zero-order valence-corrected chi connectivity index (χ0v) is 38.8. The van der Waals surface area contributed by atoms with E-state index in [0.29, 0.717) is 16.3 Å². The van der Waals surface area contributed by atoms with E-state index in [-0.39, 0.29) is 34.8 Å². The first-order valence-corrected chi connectivity index (χ1v) is 21.9. The molecule has 0 aliphatic rings. The van der Waals surface area contributed by atoms with Crippen LogP contribution >= 0.6 is 11.3 Å². The van der Waals surface area contributed by atoms with Crippen molar-refractivity contribution in [2.24, 2.45) is 5.10 Å². The minimum atomic E-state index is -1.10. The number of carbonyl (C=O) groups excluding carboxylic acids is 8. The topological polar surface area (TPSA) is 248 Å². The lowest BCUT2D eigenvalue weighted by atomic mass is 10.1. The van der Waals surface area contributed by atoms with Crippen molar-refractivity contribution in [1.29, 1.82) is 0 Å².